The maximum atomic E-state index is 10.6. The van der Waals surface area contributed by atoms with Crippen LogP contribution in [0.4, 0.5) is 0 Å². The molecule has 0 spiro atoms. The van der Waals surface area contributed by atoms with E-state index in [1.54, 1.807) is 0 Å². The van der Waals surface area contributed by atoms with Crippen LogP contribution in [0.2, 0.25) is 0 Å². The average Bonchev–Trinajstić information content (AvgIpc) is 2.51. The van der Waals surface area contributed by atoms with Crippen LogP contribution in [0.1, 0.15) is 33.5 Å². The predicted molar refractivity (Wildman–Crippen MR) is 60.5 cm³/mol. The number of nitrogens with one attached hydrogen (secondary N) is 1. The maximum absolute atomic E-state index is 10.6. The van der Waals surface area contributed by atoms with E-state index in [0.717, 1.165) is 17.6 Å². The molecule has 0 saturated heterocycles. The Morgan fingerprint density at radius 1 is 1.40 bits per heavy atom. The fraction of sp³-hybridized carbons (Fsp3) is 0.625. The smallest absolute Gasteiger partial charge is 0.223 e. The van der Waals surface area contributed by atoms with E-state index in [1.165, 1.54) is 6.92 Å². The van der Waals surface area contributed by atoms with Gasteiger partial charge in [0, 0.05) is 5.41 Å². The summed E-state index contributed by atoms with van der Waals surface area (Å²) in [5.74, 6) is 0.745. The van der Waals surface area contributed by atoms with Gasteiger partial charge in [0.15, 0.2) is 0 Å². The largest absolute Gasteiger partial charge is 0.262 e. The molecular formula is C8H13N3O2S2. The van der Waals surface area contributed by atoms with Crippen molar-refractivity contribution in [1.29, 1.82) is 0 Å². The highest BCUT2D eigenvalue weighted by atomic mass is 32.2. The van der Waals surface area contributed by atoms with Crippen molar-refractivity contribution in [3.05, 3.63) is 5.82 Å². The van der Waals surface area contributed by atoms with Crippen LogP contribution in [0.15, 0.2) is 5.16 Å². The Bertz CT molecular complexity index is 474. The fourth-order valence-corrected chi connectivity index (χ4v) is 1.77. The highest BCUT2D eigenvalue weighted by Crippen LogP contribution is 2.21. The molecule has 0 aliphatic rings. The summed E-state index contributed by atoms with van der Waals surface area (Å²) >= 11 is 1.04. The number of H-pyrrole nitrogens is 1. The number of rotatable bonds is 1. The second kappa shape index (κ2) is 4.36. The Kier molecular flexibility index (Phi) is 3.56. The first-order valence-electron chi connectivity index (χ1n) is 4.34. The van der Waals surface area contributed by atoms with Crippen molar-refractivity contribution in [2.24, 2.45) is 0 Å². The van der Waals surface area contributed by atoms with Crippen LogP contribution in [0, 0.1) is 0 Å². The standard InChI is InChI=1S/C8H13N3O2S2/c1-5(15(12)13)14-7-9-6(10-11-7)8(2,3)4/h1-4H3,(H,9,10,11). The number of hydrogen-bond acceptors (Lipinski definition) is 5. The van der Waals surface area contributed by atoms with Crippen LogP contribution >= 0.6 is 11.8 Å². The molecular weight excluding hydrogens is 234 g/mol. The van der Waals surface area contributed by atoms with Gasteiger partial charge < -0.3 is 0 Å². The van der Waals surface area contributed by atoms with E-state index in [1.807, 2.05) is 20.8 Å². The quantitative estimate of drug-likeness (QED) is 0.596. The molecule has 0 fully saturated rings. The molecule has 0 aliphatic heterocycles. The van der Waals surface area contributed by atoms with E-state index in [2.05, 4.69) is 15.2 Å². The molecule has 0 bridgehead atoms. The fourth-order valence-electron chi connectivity index (χ4n) is 0.790. The normalized spacial score (nSPS) is 11.5. The third kappa shape index (κ3) is 3.35. The Hall–Kier alpha value is -0.820. The van der Waals surface area contributed by atoms with Gasteiger partial charge in [0.2, 0.25) is 15.4 Å². The zero-order chi connectivity index (χ0) is 11.6. The number of hydrogen-bond donors (Lipinski definition) is 1. The predicted octanol–water partition coefficient (Wildman–Crippen LogP) is 1.22. The number of thioether (sulfide) groups is 1. The summed E-state index contributed by atoms with van der Waals surface area (Å²) in [4.78, 5) is 4.21. The van der Waals surface area contributed by atoms with Crippen LogP contribution in [0.5, 0.6) is 0 Å². The zero-order valence-electron chi connectivity index (χ0n) is 9.03. The second-order valence-corrected chi connectivity index (χ2v) is 6.57. The van der Waals surface area contributed by atoms with Gasteiger partial charge in [-0.3, -0.25) is 5.10 Å². The molecule has 15 heavy (non-hydrogen) atoms. The van der Waals surface area contributed by atoms with Crippen molar-refractivity contribution in [3.63, 3.8) is 0 Å². The molecule has 1 heterocycles. The van der Waals surface area contributed by atoms with Gasteiger partial charge in [0.05, 0.1) is 0 Å². The lowest BCUT2D eigenvalue weighted by molar-refractivity contribution is 0.547. The van der Waals surface area contributed by atoms with Gasteiger partial charge in [-0.25, -0.2) is 4.98 Å². The zero-order valence-corrected chi connectivity index (χ0v) is 10.7. The molecule has 1 rings (SSSR count). The molecule has 1 aromatic heterocycles. The van der Waals surface area contributed by atoms with Gasteiger partial charge in [0.25, 0.3) is 0 Å². The topological polar surface area (TPSA) is 75.7 Å². The molecule has 1 aromatic rings. The minimum absolute atomic E-state index is 0.115. The minimum atomic E-state index is -2.19. The van der Waals surface area contributed by atoms with Crippen LogP contribution < -0.4 is 0 Å². The molecule has 1 N–H and O–H groups in total. The van der Waals surface area contributed by atoms with Gasteiger partial charge in [-0.1, -0.05) is 20.8 Å². The molecule has 0 aliphatic carbocycles. The first-order chi connectivity index (χ1) is 6.80. The first kappa shape index (κ1) is 12.3. The van der Waals surface area contributed by atoms with Crippen molar-refractivity contribution in [2.75, 3.05) is 0 Å². The summed E-state index contributed by atoms with van der Waals surface area (Å²) in [6.07, 6.45) is 0. The van der Waals surface area contributed by atoms with Gasteiger partial charge in [-0.15, -0.1) is 5.10 Å². The molecule has 0 radical (unpaired) electrons. The Labute approximate surface area is 94.2 Å². The van der Waals surface area contributed by atoms with Crippen molar-refractivity contribution in [2.45, 2.75) is 38.3 Å². The molecule has 84 valence electrons. The van der Waals surface area contributed by atoms with E-state index in [-0.39, 0.29) is 9.61 Å². The molecule has 7 heteroatoms. The van der Waals surface area contributed by atoms with E-state index in [9.17, 15) is 8.42 Å². The molecule has 0 atom stereocenters. The number of aromatic nitrogens is 3. The van der Waals surface area contributed by atoms with Crippen molar-refractivity contribution in [3.8, 4) is 0 Å². The molecule has 0 unspecified atom stereocenters. The van der Waals surface area contributed by atoms with Crippen molar-refractivity contribution < 1.29 is 8.42 Å². The molecule has 0 amide bonds. The van der Waals surface area contributed by atoms with Gasteiger partial charge in [0.1, 0.15) is 10.0 Å². The first-order valence-corrected chi connectivity index (χ1v) is 6.23. The van der Waals surface area contributed by atoms with Crippen LogP contribution in [-0.2, 0) is 15.7 Å². The summed E-state index contributed by atoms with van der Waals surface area (Å²) in [5, 5.41) is 7.16. The van der Waals surface area contributed by atoms with Gasteiger partial charge >= 0.3 is 0 Å². The van der Waals surface area contributed by atoms with Crippen molar-refractivity contribution >= 4 is 26.3 Å². The summed E-state index contributed by atoms with van der Waals surface area (Å²) in [6, 6.07) is 0. The SMILES string of the molecule is CC(Sc1n[nH]c(C(C)(C)C)n1)=S(=O)=O. The van der Waals surface area contributed by atoms with Crippen LogP contribution in [-0.4, -0.2) is 27.8 Å². The van der Waals surface area contributed by atoms with Crippen molar-refractivity contribution in [1.82, 2.24) is 15.2 Å². The van der Waals surface area contributed by atoms with E-state index in [4.69, 9.17) is 0 Å². The molecule has 5 nitrogen and oxygen atoms in total. The molecule has 0 saturated carbocycles. The van der Waals surface area contributed by atoms with E-state index in [0.29, 0.717) is 5.16 Å². The van der Waals surface area contributed by atoms with E-state index >= 15 is 0 Å². The summed E-state index contributed by atoms with van der Waals surface area (Å²) in [5.41, 5.74) is -0.115. The summed E-state index contributed by atoms with van der Waals surface area (Å²) < 4.78 is 21.4. The second-order valence-electron chi connectivity index (χ2n) is 4.04. The minimum Gasteiger partial charge on any atom is -0.262 e. The lowest BCUT2D eigenvalue weighted by atomic mass is 9.96. The summed E-state index contributed by atoms with van der Waals surface area (Å²) in [6.45, 7) is 7.53. The highest BCUT2D eigenvalue weighted by molar-refractivity contribution is 8.21. The summed E-state index contributed by atoms with van der Waals surface area (Å²) in [7, 11) is -2.19. The Balaban J connectivity index is 2.92. The van der Waals surface area contributed by atoms with E-state index < -0.39 is 10.3 Å². The number of aromatic amines is 1. The average molecular weight is 247 g/mol. The molecule has 0 aromatic carbocycles. The van der Waals surface area contributed by atoms with Crippen LogP contribution in [0.3, 0.4) is 0 Å². The highest BCUT2D eigenvalue weighted by Gasteiger charge is 2.19. The third-order valence-electron chi connectivity index (χ3n) is 1.65. The Morgan fingerprint density at radius 2 is 2.00 bits per heavy atom. The lowest BCUT2D eigenvalue weighted by Crippen LogP contribution is -2.13. The van der Waals surface area contributed by atoms with Gasteiger partial charge in [-0.2, -0.15) is 8.42 Å². The third-order valence-corrected chi connectivity index (χ3v) is 3.43. The number of nitrogens with zero attached hydrogens (tertiary/aromatic N) is 2. The van der Waals surface area contributed by atoms with Gasteiger partial charge in [-0.05, 0) is 18.7 Å². The van der Waals surface area contributed by atoms with Crippen LogP contribution in [0.25, 0.3) is 0 Å². The lowest BCUT2D eigenvalue weighted by Gasteiger charge is -2.12. The monoisotopic (exact) mass is 247 g/mol. The maximum Gasteiger partial charge on any atom is 0.223 e. The Morgan fingerprint density at radius 3 is 2.40 bits per heavy atom.